The van der Waals surface area contributed by atoms with E-state index in [-0.39, 0.29) is 17.9 Å². The number of carbonyl (C=O) groups is 2. The van der Waals surface area contributed by atoms with E-state index >= 15 is 0 Å². The summed E-state index contributed by atoms with van der Waals surface area (Å²) in [6, 6.07) is 16.5. The molecule has 6 heteroatoms. The van der Waals surface area contributed by atoms with Crippen molar-refractivity contribution < 1.29 is 19.2 Å². The molecule has 1 saturated heterocycles. The Hall–Kier alpha value is -2.86. The Bertz CT molecular complexity index is 786. The van der Waals surface area contributed by atoms with Crippen molar-refractivity contribution in [1.82, 2.24) is 4.90 Å². The molecule has 3 rings (SSSR count). The molecule has 1 fully saturated rings. The largest absolute Gasteiger partial charge is 0.497 e. The molecule has 0 saturated carbocycles. The fourth-order valence-corrected chi connectivity index (χ4v) is 3.33. The van der Waals surface area contributed by atoms with Gasteiger partial charge in [-0.05, 0) is 31.2 Å². The van der Waals surface area contributed by atoms with Crippen LogP contribution in [0.15, 0.2) is 54.6 Å². The van der Waals surface area contributed by atoms with E-state index in [1.165, 1.54) is 4.90 Å². The summed E-state index contributed by atoms with van der Waals surface area (Å²) < 4.78 is 5.19. The second kappa shape index (κ2) is 8.68. The maximum Gasteiger partial charge on any atom is 0.282 e. The van der Waals surface area contributed by atoms with Gasteiger partial charge in [0.2, 0.25) is 0 Å². The maximum atomic E-state index is 12.6. The van der Waals surface area contributed by atoms with Gasteiger partial charge in [-0.25, -0.2) is 0 Å². The fourth-order valence-electron chi connectivity index (χ4n) is 3.33. The molecule has 142 valence electrons. The topological polar surface area (TPSA) is 63.1 Å². The molecule has 1 atom stereocenters. The number of methoxy groups -OCH3 is 1. The van der Waals surface area contributed by atoms with Gasteiger partial charge < -0.3 is 19.9 Å². The Kier molecular flexibility index (Phi) is 6.08. The quantitative estimate of drug-likeness (QED) is 0.830. The lowest BCUT2D eigenvalue weighted by Crippen LogP contribution is -3.19. The van der Waals surface area contributed by atoms with Crippen LogP contribution < -0.4 is 15.0 Å². The summed E-state index contributed by atoms with van der Waals surface area (Å²) in [4.78, 5) is 28.2. The maximum absolute atomic E-state index is 12.6. The van der Waals surface area contributed by atoms with Crippen LogP contribution in [0.4, 0.5) is 5.69 Å². The summed E-state index contributed by atoms with van der Waals surface area (Å²) in [6.07, 6.45) is 0. The molecule has 0 spiro atoms. The minimum atomic E-state index is -0.190. The number of benzene rings is 2. The Morgan fingerprint density at radius 3 is 2.44 bits per heavy atom. The molecule has 0 aromatic heterocycles. The standard InChI is InChI=1S/C21H25N3O3/c1-16(20(25)22-18-9-6-10-19(15-18)27-2)23-11-13-24(14-12-23)21(26)17-7-4-3-5-8-17/h3-10,15-16H,11-14H2,1-2H3,(H,22,25)/p+1/t16-/m1/s1. The van der Waals surface area contributed by atoms with Gasteiger partial charge >= 0.3 is 0 Å². The second-order valence-corrected chi connectivity index (χ2v) is 6.76. The van der Waals surface area contributed by atoms with Crippen LogP contribution in [0, 0.1) is 0 Å². The van der Waals surface area contributed by atoms with Gasteiger partial charge in [0, 0.05) is 17.3 Å². The van der Waals surface area contributed by atoms with Crippen LogP contribution >= 0.6 is 0 Å². The highest BCUT2D eigenvalue weighted by molar-refractivity contribution is 5.94. The van der Waals surface area contributed by atoms with Gasteiger partial charge in [-0.3, -0.25) is 9.59 Å². The molecule has 2 N–H and O–H groups in total. The number of quaternary nitrogens is 1. The van der Waals surface area contributed by atoms with Crippen molar-refractivity contribution in [2.45, 2.75) is 13.0 Å². The SMILES string of the molecule is COc1cccc(NC(=O)[C@@H](C)[NH+]2CCN(C(=O)c3ccccc3)CC2)c1. The molecule has 0 bridgehead atoms. The van der Waals surface area contributed by atoms with Crippen LogP contribution in [0.5, 0.6) is 5.75 Å². The number of ether oxygens (including phenoxy) is 1. The van der Waals surface area contributed by atoms with E-state index in [1.807, 2.05) is 60.4 Å². The third-order valence-corrected chi connectivity index (χ3v) is 5.06. The molecule has 1 heterocycles. The predicted octanol–water partition coefficient (Wildman–Crippen LogP) is 1.06. The highest BCUT2D eigenvalue weighted by atomic mass is 16.5. The third kappa shape index (κ3) is 4.65. The van der Waals surface area contributed by atoms with Crippen LogP contribution in [0.3, 0.4) is 0 Å². The number of hydrogen-bond donors (Lipinski definition) is 2. The number of nitrogens with one attached hydrogen (secondary N) is 2. The molecular formula is C21H26N3O3+. The molecule has 1 aliphatic heterocycles. The van der Waals surface area contributed by atoms with Gasteiger partial charge in [0.05, 0.1) is 33.3 Å². The summed E-state index contributed by atoms with van der Waals surface area (Å²) in [5, 5.41) is 2.95. The summed E-state index contributed by atoms with van der Waals surface area (Å²) in [5.41, 5.74) is 1.44. The second-order valence-electron chi connectivity index (χ2n) is 6.76. The molecule has 0 aliphatic carbocycles. The van der Waals surface area contributed by atoms with Crippen molar-refractivity contribution >= 4 is 17.5 Å². The monoisotopic (exact) mass is 368 g/mol. The zero-order valence-corrected chi connectivity index (χ0v) is 15.8. The smallest absolute Gasteiger partial charge is 0.282 e. The Labute approximate surface area is 159 Å². The van der Waals surface area contributed by atoms with Gasteiger partial charge in [-0.15, -0.1) is 0 Å². The van der Waals surface area contributed by atoms with E-state index in [0.29, 0.717) is 24.4 Å². The Morgan fingerprint density at radius 1 is 1.07 bits per heavy atom. The number of amides is 2. The van der Waals surface area contributed by atoms with E-state index in [9.17, 15) is 9.59 Å². The molecule has 0 unspecified atom stereocenters. The van der Waals surface area contributed by atoms with Gasteiger partial charge in [0.1, 0.15) is 5.75 Å². The lowest BCUT2D eigenvalue weighted by Gasteiger charge is -2.34. The Balaban J connectivity index is 1.54. The summed E-state index contributed by atoms with van der Waals surface area (Å²) >= 11 is 0. The van der Waals surface area contributed by atoms with Crippen molar-refractivity contribution in [2.24, 2.45) is 0 Å². The van der Waals surface area contributed by atoms with Gasteiger partial charge in [0.25, 0.3) is 11.8 Å². The fraction of sp³-hybridized carbons (Fsp3) is 0.333. The van der Waals surface area contributed by atoms with E-state index < -0.39 is 0 Å². The first-order chi connectivity index (χ1) is 13.1. The van der Waals surface area contributed by atoms with Crippen molar-refractivity contribution in [2.75, 3.05) is 38.6 Å². The number of nitrogens with zero attached hydrogens (tertiary/aromatic N) is 1. The van der Waals surface area contributed by atoms with E-state index in [1.54, 1.807) is 13.2 Å². The minimum Gasteiger partial charge on any atom is -0.497 e. The van der Waals surface area contributed by atoms with Gasteiger partial charge in [-0.1, -0.05) is 24.3 Å². The number of piperazine rings is 1. The third-order valence-electron chi connectivity index (χ3n) is 5.06. The molecular weight excluding hydrogens is 342 g/mol. The number of hydrogen-bond acceptors (Lipinski definition) is 3. The molecule has 6 nitrogen and oxygen atoms in total. The zero-order chi connectivity index (χ0) is 19.2. The molecule has 2 aromatic carbocycles. The molecule has 1 aliphatic rings. The summed E-state index contributed by atoms with van der Waals surface area (Å²) in [7, 11) is 1.60. The van der Waals surface area contributed by atoms with Crippen molar-refractivity contribution in [3.8, 4) is 5.75 Å². The van der Waals surface area contributed by atoms with Crippen molar-refractivity contribution in [3.05, 3.63) is 60.2 Å². The van der Waals surface area contributed by atoms with Crippen LogP contribution in [0.1, 0.15) is 17.3 Å². The molecule has 0 radical (unpaired) electrons. The number of rotatable bonds is 5. The van der Waals surface area contributed by atoms with E-state index in [0.717, 1.165) is 18.8 Å². The van der Waals surface area contributed by atoms with Crippen LogP contribution in [-0.2, 0) is 4.79 Å². The molecule has 2 aromatic rings. The van der Waals surface area contributed by atoms with E-state index in [2.05, 4.69) is 5.32 Å². The highest BCUT2D eigenvalue weighted by Gasteiger charge is 2.31. The van der Waals surface area contributed by atoms with Crippen LogP contribution in [0.25, 0.3) is 0 Å². The molecule has 27 heavy (non-hydrogen) atoms. The van der Waals surface area contributed by atoms with Crippen molar-refractivity contribution in [3.63, 3.8) is 0 Å². The number of anilines is 1. The average Bonchev–Trinajstić information content (AvgIpc) is 2.73. The molecule has 2 amide bonds. The first kappa shape index (κ1) is 18.9. The van der Waals surface area contributed by atoms with Gasteiger partial charge in [-0.2, -0.15) is 0 Å². The van der Waals surface area contributed by atoms with Crippen LogP contribution in [-0.4, -0.2) is 56.0 Å². The minimum absolute atomic E-state index is 0.0268. The number of carbonyl (C=O) groups excluding carboxylic acids is 2. The first-order valence-electron chi connectivity index (χ1n) is 9.22. The average molecular weight is 368 g/mol. The highest BCUT2D eigenvalue weighted by Crippen LogP contribution is 2.16. The Morgan fingerprint density at radius 2 is 1.78 bits per heavy atom. The van der Waals surface area contributed by atoms with E-state index in [4.69, 9.17) is 4.74 Å². The predicted molar refractivity (Wildman–Crippen MR) is 104 cm³/mol. The lowest BCUT2D eigenvalue weighted by molar-refractivity contribution is -0.917. The van der Waals surface area contributed by atoms with Crippen LogP contribution in [0.2, 0.25) is 0 Å². The normalized spacial score (nSPS) is 15.9. The lowest BCUT2D eigenvalue weighted by atomic mass is 10.1. The van der Waals surface area contributed by atoms with Crippen molar-refractivity contribution in [1.29, 1.82) is 0 Å². The zero-order valence-electron chi connectivity index (χ0n) is 15.8. The van der Waals surface area contributed by atoms with Gasteiger partial charge in [0.15, 0.2) is 6.04 Å². The first-order valence-corrected chi connectivity index (χ1v) is 9.22. The summed E-state index contributed by atoms with van der Waals surface area (Å²) in [6.45, 7) is 4.75. The summed E-state index contributed by atoms with van der Waals surface area (Å²) in [5.74, 6) is 0.741.